The monoisotopic (exact) mass is 323 g/mol. The van der Waals surface area contributed by atoms with Gasteiger partial charge in [0.2, 0.25) is 0 Å². The summed E-state index contributed by atoms with van der Waals surface area (Å²) in [6.07, 6.45) is 9.97. The lowest BCUT2D eigenvalue weighted by Gasteiger charge is -2.11. The third-order valence-corrected chi connectivity index (χ3v) is 3.96. The van der Waals surface area contributed by atoms with Crippen molar-refractivity contribution in [2.75, 3.05) is 6.54 Å². The van der Waals surface area contributed by atoms with Crippen LogP contribution in [-0.2, 0) is 12.8 Å². The average molecular weight is 323 g/mol. The zero-order valence-electron chi connectivity index (χ0n) is 13.7. The highest BCUT2D eigenvalue weighted by atomic mass is 16.1. The lowest BCUT2D eigenvalue weighted by molar-refractivity contribution is 0.0953. The van der Waals surface area contributed by atoms with Crippen molar-refractivity contribution in [2.45, 2.75) is 26.2 Å². The number of rotatable bonds is 7. The molecular weight excluding hydrogens is 302 g/mol. The highest BCUT2D eigenvalue weighted by molar-refractivity contribution is 5.94. The fourth-order valence-electron chi connectivity index (χ4n) is 2.66. The van der Waals surface area contributed by atoms with E-state index in [1.165, 1.54) is 0 Å². The van der Waals surface area contributed by atoms with Crippen LogP contribution in [0.25, 0.3) is 5.69 Å². The molecule has 1 amide bonds. The Hall–Kier alpha value is -2.89. The van der Waals surface area contributed by atoms with Gasteiger partial charge >= 0.3 is 0 Å². The molecule has 0 aliphatic heterocycles. The molecule has 3 rings (SSSR count). The van der Waals surface area contributed by atoms with Gasteiger partial charge in [-0.3, -0.25) is 9.89 Å². The first-order chi connectivity index (χ1) is 11.8. The van der Waals surface area contributed by atoms with Crippen LogP contribution in [-0.4, -0.2) is 32.4 Å². The molecule has 0 atom stereocenters. The van der Waals surface area contributed by atoms with Crippen LogP contribution in [0, 0.1) is 0 Å². The molecule has 1 aromatic carbocycles. The van der Waals surface area contributed by atoms with E-state index in [9.17, 15) is 4.79 Å². The van der Waals surface area contributed by atoms with E-state index in [-0.39, 0.29) is 5.91 Å². The van der Waals surface area contributed by atoms with Gasteiger partial charge in [0.05, 0.1) is 11.9 Å². The standard InChI is InChI=1S/C18H21N5O/c1-2-15-11-16(6-7-17(15)23-10-4-9-22-23)18(24)19-8-3-5-14-12-20-21-13-14/h4,6-7,9-13H,2-3,5,8H2,1H3,(H,19,24)(H,20,21). The third-order valence-electron chi connectivity index (χ3n) is 3.96. The van der Waals surface area contributed by atoms with E-state index < -0.39 is 0 Å². The van der Waals surface area contributed by atoms with E-state index >= 15 is 0 Å². The number of hydrogen-bond donors (Lipinski definition) is 2. The number of aromatic amines is 1. The Morgan fingerprint density at radius 1 is 1.38 bits per heavy atom. The van der Waals surface area contributed by atoms with Crippen LogP contribution in [0.15, 0.2) is 49.1 Å². The van der Waals surface area contributed by atoms with Gasteiger partial charge < -0.3 is 5.32 Å². The summed E-state index contributed by atoms with van der Waals surface area (Å²) in [5.74, 6) is -0.0380. The van der Waals surface area contributed by atoms with Crippen LogP contribution in [0.1, 0.15) is 34.8 Å². The molecule has 0 bridgehead atoms. The van der Waals surface area contributed by atoms with Crippen LogP contribution in [0.3, 0.4) is 0 Å². The Balaban J connectivity index is 1.60. The second-order valence-corrected chi connectivity index (χ2v) is 5.61. The van der Waals surface area contributed by atoms with Crippen LogP contribution in [0.4, 0.5) is 0 Å². The maximum Gasteiger partial charge on any atom is 0.251 e. The van der Waals surface area contributed by atoms with Crippen LogP contribution in [0.2, 0.25) is 0 Å². The van der Waals surface area contributed by atoms with Crippen molar-refractivity contribution in [3.8, 4) is 5.69 Å². The minimum atomic E-state index is -0.0380. The molecule has 0 unspecified atom stereocenters. The van der Waals surface area contributed by atoms with Gasteiger partial charge in [-0.2, -0.15) is 10.2 Å². The molecule has 0 aliphatic carbocycles. The summed E-state index contributed by atoms with van der Waals surface area (Å²) in [6, 6.07) is 7.64. The predicted octanol–water partition coefficient (Wildman–Crippen LogP) is 2.52. The van der Waals surface area contributed by atoms with Crippen molar-refractivity contribution in [1.29, 1.82) is 0 Å². The first kappa shape index (κ1) is 16.0. The molecule has 0 radical (unpaired) electrons. The Morgan fingerprint density at radius 2 is 2.29 bits per heavy atom. The minimum Gasteiger partial charge on any atom is -0.352 e. The molecule has 6 heteroatoms. The number of aromatic nitrogens is 4. The van der Waals surface area contributed by atoms with Gasteiger partial charge in [-0.1, -0.05) is 6.92 Å². The average Bonchev–Trinajstić information content (AvgIpc) is 3.31. The number of nitrogens with zero attached hydrogens (tertiary/aromatic N) is 3. The topological polar surface area (TPSA) is 75.6 Å². The number of nitrogens with one attached hydrogen (secondary N) is 2. The number of hydrogen-bond acceptors (Lipinski definition) is 3. The molecule has 24 heavy (non-hydrogen) atoms. The van der Waals surface area contributed by atoms with E-state index in [2.05, 4.69) is 27.5 Å². The zero-order valence-corrected chi connectivity index (χ0v) is 13.7. The number of amides is 1. The van der Waals surface area contributed by atoms with Crippen molar-refractivity contribution in [1.82, 2.24) is 25.3 Å². The summed E-state index contributed by atoms with van der Waals surface area (Å²) in [5, 5.41) is 13.9. The SMILES string of the molecule is CCc1cc(C(=O)NCCCc2cn[nH]c2)ccc1-n1cccn1. The van der Waals surface area contributed by atoms with Crippen molar-refractivity contribution in [3.05, 3.63) is 65.7 Å². The molecule has 0 fully saturated rings. The molecule has 0 saturated heterocycles. The van der Waals surface area contributed by atoms with Gasteiger partial charge in [0.25, 0.3) is 5.91 Å². The minimum absolute atomic E-state index is 0.0380. The second-order valence-electron chi connectivity index (χ2n) is 5.61. The summed E-state index contributed by atoms with van der Waals surface area (Å²) >= 11 is 0. The summed E-state index contributed by atoms with van der Waals surface area (Å²) < 4.78 is 1.82. The zero-order chi connectivity index (χ0) is 16.8. The maximum absolute atomic E-state index is 12.3. The Bertz CT molecular complexity index is 778. The summed E-state index contributed by atoms with van der Waals surface area (Å²) in [6.45, 7) is 2.72. The smallest absolute Gasteiger partial charge is 0.251 e. The van der Waals surface area contributed by atoms with E-state index in [0.29, 0.717) is 12.1 Å². The maximum atomic E-state index is 12.3. The number of aryl methyl sites for hydroxylation is 2. The van der Waals surface area contributed by atoms with Crippen molar-refractivity contribution in [2.24, 2.45) is 0 Å². The number of carbonyl (C=O) groups excluding carboxylic acids is 1. The molecular formula is C18H21N5O. The van der Waals surface area contributed by atoms with Gasteiger partial charge in [-0.25, -0.2) is 4.68 Å². The molecule has 0 spiro atoms. The predicted molar refractivity (Wildman–Crippen MR) is 92.2 cm³/mol. The Kier molecular flexibility index (Phi) is 5.05. The number of benzene rings is 1. The van der Waals surface area contributed by atoms with Gasteiger partial charge in [0.15, 0.2) is 0 Å². The lowest BCUT2D eigenvalue weighted by Crippen LogP contribution is -2.25. The van der Waals surface area contributed by atoms with Crippen molar-refractivity contribution in [3.63, 3.8) is 0 Å². The quantitative estimate of drug-likeness (QED) is 0.656. The molecule has 6 nitrogen and oxygen atoms in total. The molecule has 0 aliphatic rings. The van der Waals surface area contributed by atoms with E-state index in [1.54, 1.807) is 6.20 Å². The highest BCUT2D eigenvalue weighted by Crippen LogP contribution is 2.17. The van der Waals surface area contributed by atoms with Gasteiger partial charge in [0.1, 0.15) is 0 Å². The fraction of sp³-hybridized carbons (Fsp3) is 0.278. The summed E-state index contributed by atoms with van der Waals surface area (Å²) in [7, 11) is 0. The first-order valence-electron chi connectivity index (χ1n) is 8.16. The van der Waals surface area contributed by atoms with Gasteiger partial charge in [0, 0.05) is 30.7 Å². The van der Waals surface area contributed by atoms with Gasteiger partial charge in [-0.05, 0) is 54.7 Å². The summed E-state index contributed by atoms with van der Waals surface area (Å²) in [5.41, 5.74) is 3.95. The van der Waals surface area contributed by atoms with Crippen molar-refractivity contribution >= 4 is 5.91 Å². The molecule has 2 aromatic heterocycles. The molecule has 3 aromatic rings. The molecule has 2 N–H and O–H groups in total. The van der Waals surface area contributed by atoms with E-state index in [0.717, 1.165) is 36.1 Å². The lowest BCUT2D eigenvalue weighted by atomic mass is 10.1. The second kappa shape index (κ2) is 7.59. The largest absolute Gasteiger partial charge is 0.352 e. The molecule has 0 saturated carbocycles. The van der Waals surface area contributed by atoms with E-state index in [1.807, 2.05) is 47.5 Å². The molecule has 2 heterocycles. The van der Waals surface area contributed by atoms with Gasteiger partial charge in [-0.15, -0.1) is 0 Å². The number of carbonyl (C=O) groups is 1. The first-order valence-corrected chi connectivity index (χ1v) is 8.16. The number of H-pyrrole nitrogens is 1. The fourth-order valence-corrected chi connectivity index (χ4v) is 2.66. The Morgan fingerprint density at radius 3 is 3.00 bits per heavy atom. The van der Waals surface area contributed by atoms with Crippen LogP contribution < -0.4 is 5.32 Å². The molecule has 124 valence electrons. The normalized spacial score (nSPS) is 10.7. The Labute approximate surface area is 140 Å². The van der Waals surface area contributed by atoms with Crippen LogP contribution in [0.5, 0.6) is 0 Å². The summed E-state index contributed by atoms with van der Waals surface area (Å²) in [4.78, 5) is 12.3. The third kappa shape index (κ3) is 3.71. The van der Waals surface area contributed by atoms with Crippen molar-refractivity contribution < 1.29 is 4.79 Å². The van der Waals surface area contributed by atoms with E-state index in [4.69, 9.17) is 0 Å². The van der Waals surface area contributed by atoms with Crippen LogP contribution >= 0.6 is 0 Å². The highest BCUT2D eigenvalue weighted by Gasteiger charge is 2.10.